The molecule has 27 heavy (non-hydrogen) atoms. The van der Waals surface area contributed by atoms with Crippen molar-refractivity contribution in [2.24, 2.45) is 0 Å². The first kappa shape index (κ1) is 16.2. The molecule has 0 saturated carbocycles. The molecule has 2 aromatic heterocycles. The summed E-state index contributed by atoms with van der Waals surface area (Å²) >= 11 is 0. The lowest BCUT2D eigenvalue weighted by molar-refractivity contribution is -0.121. The quantitative estimate of drug-likeness (QED) is 0.484. The lowest BCUT2D eigenvalue weighted by Crippen LogP contribution is -2.31. The van der Waals surface area contributed by atoms with Crippen LogP contribution in [0.25, 0.3) is 21.8 Å². The highest BCUT2D eigenvalue weighted by Gasteiger charge is 2.25. The van der Waals surface area contributed by atoms with E-state index >= 15 is 0 Å². The van der Waals surface area contributed by atoms with Gasteiger partial charge in [0.1, 0.15) is 0 Å². The minimum Gasteiger partial charge on any atom is -0.361 e. The minimum absolute atomic E-state index is 0.0941. The summed E-state index contributed by atoms with van der Waals surface area (Å²) in [5.41, 5.74) is 6.07. The molecule has 1 aliphatic rings. The average Bonchev–Trinajstić information content (AvgIpc) is 3.28. The van der Waals surface area contributed by atoms with Crippen molar-refractivity contribution in [1.29, 1.82) is 0 Å². The van der Waals surface area contributed by atoms with E-state index < -0.39 is 0 Å². The first-order valence-electron chi connectivity index (χ1n) is 9.73. The van der Waals surface area contributed by atoms with Crippen LogP contribution in [0.3, 0.4) is 0 Å². The van der Waals surface area contributed by atoms with E-state index in [0.717, 1.165) is 31.2 Å². The van der Waals surface area contributed by atoms with E-state index in [2.05, 4.69) is 51.7 Å². The van der Waals surface area contributed by atoms with Crippen LogP contribution in [0, 0.1) is 0 Å². The average molecular weight is 357 g/mol. The first-order chi connectivity index (χ1) is 13.3. The van der Waals surface area contributed by atoms with Crippen molar-refractivity contribution in [3.63, 3.8) is 0 Å². The van der Waals surface area contributed by atoms with Gasteiger partial charge in [0, 0.05) is 40.1 Å². The Morgan fingerprint density at radius 3 is 2.70 bits per heavy atom. The molecule has 0 aliphatic heterocycles. The fraction of sp³-hybridized carbons (Fsp3) is 0.261. The SMILES string of the molecule is O=C(CCc1c[nH]c2ccccc12)N[C@@H]1CCCc2c1[nH]c1ccccc21. The summed E-state index contributed by atoms with van der Waals surface area (Å²) in [7, 11) is 0. The molecular weight excluding hydrogens is 334 g/mol. The van der Waals surface area contributed by atoms with Gasteiger partial charge in [-0.15, -0.1) is 0 Å². The number of para-hydroxylation sites is 2. The maximum atomic E-state index is 12.6. The topological polar surface area (TPSA) is 60.7 Å². The second kappa shape index (κ2) is 6.62. The van der Waals surface area contributed by atoms with Crippen LogP contribution in [0.15, 0.2) is 54.7 Å². The Hall–Kier alpha value is -3.01. The maximum absolute atomic E-state index is 12.6. The summed E-state index contributed by atoms with van der Waals surface area (Å²) in [6.07, 6.45) is 6.48. The Morgan fingerprint density at radius 1 is 1.04 bits per heavy atom. The summed E-state index contributed by atoms with van der Waals surface area (Å²) in [6.45, 7) is 0. The Bertz CT molecular complexity index is 1120. The van der Waals surface area contributed by atoms with Crippen molar-refractivity contribution < 1.29 is 4.79 Å². The molecule has 4 nitrogen and oxygen atoms in total. The molecular formula is C23H23N3O. The van der Waals surface area contributed by atoms with Gasteiger partial charge in [0.2, 0.25) is 5.91 Å². The monoisotopic (exact) mass is 357 g/mol. The van der Waals surface area contributed by atoms with E-state index in [0.29, 0.717) is 6.42 Å². The third-order valence-electron chi connectivity index (χ3n) is 5.75. The van der Waals surface area contributed by atoms with Crippen molar-refractivity contribution in [1.82, 2.24) is 15.3 Å². The molecule has 0 unspecified atom stereocenters. The van der Waals surface area contributed by atoms with Gasteiger partial charge in [0.15, 0.2) is 0 Å². The van der Waals surface area contributed by atoms with Crippen LogP contribution in [0.2, 0.25) is 0 Å². The van der Waals surface area contributed by atoms with E-state index in [-0.39, 0.29) is 11.9 Å². The van der Waals surface area contributed by atoms with Gasteiger partial charge >= 0.3 is 0 Å². The standard InChI is InChI=1S/C23H23N3O/c27-22(13-12-15-14-24-19-9-3-1-6-16(15)19)25-21-11-5-8-18-17-7-2-4-10-20(17)26-23(18)21/h1-4,6-7,9-10,14,21,24,26H,5,8,11-13H2,(H,25,27)/t21-/m1/s1. The van der Waals surface area contributed by atoms with Crippen LogP contribution in [0.5, 0.6) is 0 Å². The normalized spacial score (nSPS) is 16.5. The number of carbonyl (C=O) groups excluding carboxylic acids is 1. The number of hydrogen-bond acceptors (Lipinski definition) is 1. The molecule has 5 rings (SSSR count). The fourth-order valence-electron chi connectivity index (χ4n) is 4.41. The van der Waals surface area contributed by atoms with Crippen LogP contribution >= 0.6 is 0 Å². The number of fused-ring (bicyclic) bond motifs is 4. The number of benzene rings is 2. The van der Waals surface area contributed by atoms with Crippen molar-refractivity contribution >= 4 is 27.7 Å². The molecule has 0 spiro atoms. The van der Waals surface area contributed by atoms with Crippen LogP contribution < -0.4 is 5.32 Å². The zero-order chi connectivity index (χ0) is 18.2. The molecule has 2 heterocycles. The van der Waals surface area contributed by atoms with E-state index in [1.54, 1.807) is 0 Å². The maximum Gasteiger partial charge on any atom is 0.220 e. The van der Waals surface area contributed by atoms with Gasteiger partial charge in [0.25, 0.3) is 0 Å². The zero-order valence-electron chi connectivity index (χ0n) is 15.2. The molecule has 1 amide bonds. The van der Waals surface area contributed by atoms with Gasteiger partial charge in [-0.3, -0.25) is 4.79 Å². The van der Waals surface area contributed by atoms with E-state index in [1.165, 1.54) is 33.1 Å². The number of rotatable bonds is 4. The van der Waals surface area contributed by atoms with Crippen molar-refractivity contribution in [3.05, 3.63) is 71.5 Å². The largest absolute Gasteiger partial charge is 0.361 e. The number of aromatic nitrogens is 2. The number of hydrogen-bond donors (Lipinski definition) is 3. The molecule has 0 bridgehead atoms. The number of H-pyrrole nitrogens is 2. The Morgan fingerprint density at radius 2 is 1.81 bits per heavy atom. The van der Waals surface area contributed by atoms with Gasteiger partial charge in [0.05, 0.1) is 6.04 Å². The van der Waals surface area contributed by atoms with Crippen molar-refractivity contribution in [2.45, 2.75) is 38.1 Å². The summed E-state index contributed by atoms with van der Waals surface area (Å²) in [5.74, 6) is 0.122. The highest BCUT2D eigenvalue weighted by Crippen LogP contribution is 2.34. The van der Waals surface area contributed by atoms with Gasteiger partial charge in [-0.05, 0) is 48.9 Å². The highest BCUT2D eigenvalue weighted by atomic mass is 16.1. The summed E-state index contributed by atoms with van der Waals surface area (Å²) in [6, 6.07) is 16.8. The molecule has 0 saturated heterocycles. The van der Waals surface area contributed by atoms with Gasteiger partial charge < -0.3 is 15.3 Å². The highest BCUT2D eigenvalue weighted by molar-refractivity contribution is 5.86. The second-order valence-electron chi connectivity index (χ2n) is 7.43. The number of nitrogens with one attached hydrogen (secondary N) is 3. The minimum atomic E-state index is 0.0941. The second-order valence-corrected chi connectivity index (χ2v) is 7.43. The molecule has 1 atom stereocenters. The third kappa shape index (κ3) is 2.91. The number of carbonyl (C=O) groups is 1. The molecule has 2 aromatic carbocycles. The summed E-state index contributed by atoms with van der Waals surface area (Å²) in [4.78, 5) is 19.5. The molecule has 136 valence electrons. The van der Waals surface area contributed by atoms with E-state index in [1.807, 2.05) is 18.3 Å². The Kier molecular flexibility index (Phi) is 3.97. The van der Waals surface area contributed by atoms with Crippen molar-refractivity contribution in [2.75, 3.05) is 0 Å². The van der Waals surface area contributed by atoms with Crippen molar-refractivity contribution in [3.8, 4) is 0 Å². The fourth-order valence-corrected chi connectivity index (χ4v) is 4.41. The number of amides is 1. The summed E-state index contributed by atoms with van der Waals surface area (Å²) < 4.78 is 0. The lowest BCUT2D eigenvalue weighted by atomic mass is 9.91. The van der Waals surface area contributed by atoms with Gasteiger partial charge in [-0.1, -0.05) is 36.4 Å². The molecule has 0 radical (unpaired) electrons. The molecule has 3 N–H and O–H groups in total. The van der Waals surface area contributed by atoms with Crippen LogP contribution in [-0.2, 0) is 17.6 Å². The first-order valence-corrected chi connectivity index (χ1v) is 9.73. The van der Waals surface area contributed by atoms with Gasteiger partial charge in [-0.2, -0.15) is 0 Å². The van der Waals surface area contributed by atoms with Crippen LogP contribution in [0.1, 0.15) is 42.1 Å². The van der Waals surface area contributed by atoms with Crippen LogP contribution in [-0.4, -0.2) is 15.9 Å². The van der Waals surface area contributed by atoms with Gasteiger partial charge in [-0.25, -0.2) is 0 Å². The van der Waals surface area contributed by atoms with E-state index in [9.17, 15) is 4.79 Å². The number of aromatic amines is 2. The Labute approximate surface area is 158 Å². The van der Waals surface area contributed by atoms with Crippen LogP contribution in [0.4, 0.5) is 0 Å². The third-order valence-corrected chi connectivity index (χ3v) is 5.75. The van der Waals surface area contributed by atoms with E-state index in [4.69, 9.17) is 0 Å². The molecule has 1 aliphatic carbocycles. The predicted molar refractivity (Wildman–Crippen MR) is 109 cm³/mol. The smallest absolute Gasteiger partial charge is 0.220 e. The lowest BCUT2D eigenvalue weighted by Gasteiger charge is -2.24. The number of aryl methyl sites for hydroxylation is 2. The zero-order valence-corrected chi connectivity index (χ0v) is 15.2. The molecule has 0 fully saturated rings. The molecule has 4 heteroatoms. The molecule has 4 aromatic rings. The Balaban J connectivity index is 1.30. The predicted octanol–water partition coefficient (Wildman–Crippen LogP) is 4.78. The summed E-state index contributed by atoms with van der Waals surface area (Å²) in [5, 5.41) is 5.77.